The molecule has 36 heavy (non-hydrogen) atoms. The predicted octanol–water partition coefficient (Wildman–Crippen LogP) is 5.49. The number of nitrogens with one attached hydrogen (secondary N) is 4. The maximum atomic E-state index is 5.83. The third-order valence-electron chi connectivity index (χ3n) is 4.48. The number of hydrogen-bond acceptors (Lipinski definition) is 4. The first-order chi connectivity index (χ1) is 17.1. The van der Waals surface area contributed by atoms with Crippen molar-refractivity contribution < 1.29 is 9.47 Å². The number of rotatable bonds is 11. The molecule has 2 aromatic carbocycles. The van der Waals surface area contributed by atoms with Crippen LogP contribution in [0.2, 0.25) is 0 Å². The summed E-state index contributed by atoms with van der Waals surface area (Å²) in [6.45, 7) is 17.5. The molecule has 0 heterocycles. The number of guanidine groups is 2. The zero-order chi connectivity index (χ0) is 26.5. The third-order valence-corrected chi connectivity index (χ3v) is 4.48. The summed E-state index contributed by atoms with van der Waals surface area (Å²) < 4.78 is 11.7. The number of benzene rings is 2. The first-order valence-corrected chi connectivity index (χ1v) is 12.8. The van der Waals surface area contributed by atoms with E-state index in [9.17, 15) is 0 Å². The van der Waals surface area contributed by atoms with Gasteiger partial charge in [0.1, 0.15) is 24.7 Å². The second kappa shape index (κ2) is 14.9. The molecule has 2 rings (SSSR count). The molecular formula is C28H44N6O2. The van der Waals surface area contributed by atoms with Crippen LogP contribution in [-0.4, -0.2) is 49.3 Å². The molecule has 0 atom stereocenters. The van der Waals surface area contributed by atoms with Gasteiger partial charge in [-0.25, -0.2) is 0 Å². The van der Waals surface area contributed by atoms with Crippen LogP contribution in [0.25, 0.3) is 0 Å². The fourth-order valence-electron chi connectivity index (χ4n) is 3.14. The fraction of sp³-hybridized carbons (Fsp3) is 0.500. The van der Waals surface area contributed by atoms with Crippen LogP contribution >= 0.6 is 0 Å². The second-order valence-electron chi connectivity index (χ2n) is 9.74. The van der Waals surface area contributed by atoms with Gasteiger partial charge in [-0.3, -0.25) is 9.98 Å². The van der Waals surface area contributed by atoms with Gasteiger partial charge in [0.05, 0.1) is 0 Å². The Morgan fingerprint density at radius 3 is 1.19 bits per heavy atom. The van der Waals surface area contributed by atoms with Gasteiger partial charge in [-0.1, -0.05) is 0 Å². The molecule has 4 N–H and O–H groups in total. The Hall–Kier alpha value is -3.42. The van der Waals surface area contributed by atoms with Crippen molar-refractivity contribution in [3.63, 3.8) is 0 Å². The fourth-order valence-corrected chi connectivity index (χ4v) is 3.14. The lowest BCUT2D eigenvalue weighted by Crippen LogP contribution is -2.36. The van der Waals surface area contributed by atoms with E-state index in [1.807, 2.05) is 48.5 Å². The maximum absolute atomic E-state index is 5.83. The standard InChI is InChI=1S/C28H44N6O2/c1-19(2)29-27(30-20(3)4)33-23-9-13-25(14-10-23)35-17-18-36-26-15-11-24(12-16-26)34-28(31-21(5)6)32-22(7)8/h9-16,19-22H,17-18H2,1-8H3,(H2,29,30,33)(H2,31,32,34). The van der Waals surface area contributed by atoms with E-state index in [4.69, 9.17) is 9.47 Å². The largest absolute Gasteiger partial charge is 0.490 e. The second-order valence-corrected chi connectivity index (χ2v) is 9.74. The minimum atomic E-state index is 0.201. The van der Waals surface area contributed by atoms with Crippen molar-refractivity contribution in [2.24, 2.45) is 9.98 Å². The van der Waals surface area contributed by atoms with Gasteiger partial charge in [0, 0.05) is 35.5 Å². The van der Waals surface area contributed by atoms with Crippen LogP contribution < -0.4 is 30.7 Å². The van der Waals surface area contributed by atoms with E-state index in [-0.39, 0.29) is 12.1 Å². The zero-order valence-electron chi connectivity index (χ0n) is 23.1. The van der Waals surface area contributed by atoms with Gasteiger partial charge in [0.15, 0.2) is 11.9 Å². The molecule has 0 amide bonds. The maximum Gasteiger partial charge on any atom is 0.196 e. The first-order valence-electron chi connectivity index (χ1n) is 12.8. The van der Waals surface area contributed by atoms with Crippen LogP contribution in [0.1, 0.15) is 55.4 Å². The van der Waals surface area contributed by atoms with Crippen LogP contribution in [0.5, 0.6) is 11.5 Å². The Morgan fingerprint density at radius 2 is 0.917 bits per heavy atom. The topological polar surface area (TPSA) is 91.3 Å². The molecule has 0 fully saturated rings. The molecule has 0 bridgehead atoms. The Morgan fingerprint density at radius 1 is 0.583 bits per heavy atom. The number of anilines is 2. The Kier molecular flexibility index (Phi) is 11.9. The SMILES string of the molecule is CC(C)N=C(Nc1ccc(OCCOc2ccc(NC(=NC(C)C)NC(C)C)cc2)cc1)NC(C)C. The van der Waals surface area contributed by atoms with E-state index >= 15 is 0 Å². The van der Waals surface area contributed by atoms with Crippen molar-refractivity contribution in [2.45, 2.75) is 79.6 Å². The summed E-state index contributed by atoms with van der Waals surface area (Å²) in [4.78, 5) is 9.20. The van der Waals surface area contributed by atoms with Gasteiger partial charge in [0.2, 0.25) is 0 Å². The Balaban J connectivity index is 1.80. The van der Waals surface area contributed by atoms with E-state index in [0.717, 1.165) is 34.8 Å². The van der Waals surface area contributed by atoms with Crippen molar-refractivity contribution in [1.29, 1.82) is 0 Å². The van der Waals surface area contributed by atoms with Gasteiger partial charge < -0.3 is 30.7 Å². The van der Waals surface area contributed by atoms with Gasteiger partial charge in [-0.15, -0.1) is 0 Å². The summed E-state index contributed by atoms with van der Waals surface area (Å²) in [5.74, 6) is 3.11. The van der Waals surface area contributed by atoms with Crippen molar-refractivity contribution in [3.05, 3.63) is 48.5 Å². The quantitative estimate of drug-likeness (QED) is 0.187. The lowest BCUT2D eigenvalue weighted by atomic mass is 10.3. The zero-order valence-corrected chi connectivity index (χ0v) is 23.1. The summed E-state index contributed by atoms with van der Waals surface area (Å²) >= 11 is 0. The monoisotopic (exact) mass is 496 g/mol. The molecule has 2 aromatic rings. The number of ether oxygens (including phenoxy) is 2. The van der Waals surface area contributed by atoms with Crippen molar-refractivity contribution in [3.8, 4) is 11.5 Å². The molecular weight excluding hydrogens is 452 g/mol. The van der Waals surface area contributed by atoms with E-state index in [1.165, 1.54) is 0 Å². The van der Waals surface area contributed by atoms with Crippen molar-refractivity contribution >= 4 is 23.3 Å². The highest BCUT2D eigenvalue weighted by molar-refractivity contribution is 5.94. The molecule has 198 valence electrons. The predicted molar refractivity (Wildman–Crippen MR) is 153 cm³/mol. The van der Waals surface area contributed by atoms with E-state index in [1.54, 1.807) is 0 Å². The average molecular weight is 497 g/mol. The first kappa shape index (κ1) is 28.8. The third kappa shape index (κ3) is 11.8. The van der Waals surface area contributed by atoms with Crippen LogP contribution in [0.3, 0.4) is 0 Å². The molecule has 0 saturated carbocycles. The lowest BCUT2D eigenvalue weighted by Gasteiger charge is -2.17. The highest BCUT2D eigenvalue weighted by atomic mass is 16.5. The summed E-state index contributed by atoms with van der Waals surface area (Å²) in [6.07, 6.45) is 0. The van der Waals surface area contributed by atoms with Gasteiger partial charge in [0.25, 0.3) is 0 Å². The summed E-state index contributed by atoms with van der Waals surface area (Å²) in [5, 5.41) is 13.3. The van der Waals surface area contributed by atoms with Crippen molar-refractivity contribution in [1.82, 2.24) is 10.6 Å². The molecule has 0 saturated heterocycles. The molecule has 0 radical (unpaired) electrons. The number of nitrogens with zero attached hydrogens (tertiary/aromatic N) is 2. The molecule has 0 aliphatic heterocycles. The van der Waals surface area contributed by atoms with Gasteiger partial charge >= 0.3 is 0 Å². The molecule has 0 aromatic heterocycles. The van der Waals surface area contributed by atoms with Crippen LogP contribution in [0.4, 0.5) is 11.4 Å². The Bertz CT molecular complexity index is 872. The average Bonchev–Trinajstić information content (AvgIpc) is 2.77. The van der Waals surface area contributed by atoms with E-state index in [0.29, 0.717) is 25.3 Å². The molecule has 0 aliphatic carbocycles. The van der Waals surface area contributed by atoms with Crippen molar-refractivity contribution in [2.75, 3.05) is 23.8 Å². The molecule has 8 heteroatoms. The normalized spacial score (nSPS) is 12.3. The lowest BCUT2D eigenvalue weighted by molar-refractivity contribution is 0.217. The van der Waals surface area contributed by atoms with E-state index < -0.39 is 0 Å². The number of hydrogen-bond donors (Lipinski definition) is 4. The highest BCUT2D eigenvalue weighted by Crippen LogP contribution is 2.18. The van der Waals surface area contributed by atoms with Crippen LogP contribution in [0.15, 0.2) is 58.5 Å². The molecule has 0 unspecified atom stereocenters. The minimum Gasteiger partial charge on any atom is -0.490 e. The highest BCUT2D eigenvalue weighted by Gasteiger charge is 2.06. The van der Waals surface area contributed by atoms with Crippen LogP contribution in [0, 0.1) is 0 Å². The summed E-state index contributed by atoms with van der Waals surface area (Å²) in [6, 6.07) is 16.6. The molecule has 8 nitrogen and oxygen atoms in total. The minimum absolute atomic E-state index is 0.201. The summed E-state index contributed by atoms with van der Waals surface area (Å²) in [5.41, 5.74) is 1.90. The van der Waals surface area contributed by atoms with Gasteiger partial charge in [-0.2, -0.15) is 0 Å². The molecule has 0 aliphatic rings. The Labute approximate surface area is 217 Å². The molecule has 0 spiro atoms. The van der Waals surface area contributed by atoms with Crippen LogP contribution in [-0.2, 0) is 0 Å². The van der Waals surface area contributed by atoms with E-state index in [2.05, 4.69) is 86.6 Å². The van der Waals surface area contributed by atoms with Gasteiger partial charge in [-0.05, 0) is 104 Å². The smallest absolute Gasteiger partial charge is 0.196 e. The summed E-state index contributed by atoms with van der Waals surface area (Å²) in [7, 11) is 0. The number of aliphatic imine (C=N–C) groups is 2.